The van der Waals surface area contributed by atoms with Crippen LogP contribution >= 0.6 is 11.8 Å². The first-order valence-corrected chi connectivity index (χ1v) is 14.4. The minimum atomic E-state index is -0.521. The van der Waals surface area contributed by atoms with Crippen molar-refractivity contribution in [1.29, 1.82) is 0 Å². The molecule has 3 atom stereocenters. The lowest BCUT2D eigenvalue weighted by Gasteiger charge is -2.36. The van der Waals surface area contributed by atoms with E-state index in [1.807, 2.05) is 48.5 Å². The van der Waals surface area contributed by atoms with Gasteiger partial charge in [0, 0.05) is 49.9 Å². The summed E-state index contributed by atoms with van der Waals surface area (Å²) in [5, 5.41) is 24.2. The molecule has 8 nitrogen and oxygen atoms in total. The largest absolute Gasteiger partial charge is 0.396 e. The Bertz CT molecular complexity index is 986. The number of nitrogens with one attached hydrogen (secondary N) is 2. The fourth-order valence-corrected chi connectivity index (χ4v) is 5.01. The van der Waals surface area contributed by atoms with Crippen molar-refractivity contribution in [3.05, 3.63) is 70.8 Å². The Labute approximate surface area is 229 Å². The zero-order valence-corrected chi connectivity index (χ0v) is 22.9. The molecule has 1 saturated heterocycles. The molecule has 9 heteroatoms. The molecule has 0 radical (unpaired) electrons. The normalized spacial score (nSPS) is 19.2. The summed E-state index contributed by atoms with van der Waals surface area (Å²) in [4.78, 5) is 23.0. The van der Waals surface area contributed by atoms with Gasteiger partial charge >= 0.3 is 0 Å². The zero-order chi connectivity index (χ0) is 27.2. The molecule has 2 aromatic carbocycles. The van der Waals surface area contributed by atoms with E-state index in [0.29, 0.717) is 31.7 Å². The number of carbonyl (C=O) groups is 2. The van der Waals surface area contributed by atoms with Gasteiger partial charge in [-0.25, -0.2) is 0 Å². The predicted octanol–water partition coefficient (Wildman–Crippen LogP) is 3.76. The summed E-state index contributed by atoms with van der Waals surface area (Å²) in [6.07, 6.45) is 3.06. The Hall–Kier alpha value is -2.43. The number of thioether (sulfide) groups is 1. The Balaban J connectivity index is 1.52. The summed E-state index contributed by atoms with van der Waals surface area (Å²) in [7, 11) is 0. The average molecular weight is 545 g/mol. The SMILES string of the molecule is CC(=O)NCCCCCC(=O)NCc1ccc([C@H]2O[C@@H](CSCCO)C[C@@H](c3ccc(CO)cc3)O2)cc1. The topological polar surface area (TPSA) is 117 Å². The van der Waals surface area contributed by atoms with Gasteiger partial charge in [0.05, 0.1) is 25.4 Å². The highest BCUT2D eigenvalue weighted by molar-refractivity contribution is 7.99. The molecule has 0 saturated carbocycles. The van der Waals surface area contributed by atoms with E-state index < -0.39 is 6.29 Å². The van der Waals surface area contributed by atoms with Gasteiger partial charge in [-0.3, -0.25) is 9.59 Å². The Kier molecular flexibility index (Phi) is 13.1. The van der Waals surface area contributed by atoms with E-state index >= 15 is 0 Å². The number of aliphatic hydroxyl groups excluding tert-OH is 2. The maximum atomic E-state index is 12.2. The van der Waals surface area contributed by atoms with Gasteiger partial charge in [0.2, 0.25) is 11.8 Å². The summed E-state index contributed by atoms with van der Waals surface area (Å²) in [6, 6.07) is 15.7. The van der Waals surface area contributed by atoms with Gasteiger partial charge in [-0.2, -0.15) is 11.8 Å². The molecule has 208 valence electrons. The fourth-order valence-electron chi connectivity index (χ4n) is 4.24. The number of ether oxygens (including phenoxy) is 2. The summed E-state index contributed by atoms with van der Waals surface area (Å²) < 4.78 is 12.6. The number of unbranched alkanes of at least 4 members (excludes halogenated alkanes) is 2. The second kappa shape index (κ2) is 16.5. The monoisotopic (exact) mass is 544 g/mol. The van der Waals surface area contributed by atoms with E-state index in [1.54, 1.807) is 11.8 Å². The lowest BCUT2D eigenvalue weighted by molar-refractivity contribution is -0.245. The number of amides is 2. The number of carbonyl (C=O) groups excluding carboxylic acids is 2. The quantitative estimate of drug-likeness (QED) is 0.252. The van der Waals surface area contributed by atoms with Crippen LogP contribution in [0.3, 0.4) is 0 Å². The molecular formula is C29H40N2O6S. The standard InChI is InChI=1S/C29H40N2O6S/c1-21(34)30-14-4-2-3-5-28(35)31-18-22-6-12-25(13-7-22)29-36-26(20-38-16-15-32)17-27(37-29)24-10-8-23(19-33)9-11-24/h6-13,26-27,29,32-33H,2-5,14-20H2,1H3,(H,30,34)(H,31,35)/t26-,27+,29+/m1/s1. The second-order valence-corrected chi connectivity index (χ2v) is 10.6. The van der Waals surface area contributed by atoms with Crippen molar-refractivity contribution >= 4 is 23.6 Å². The van der Waals surface area contributed by atoms with Crippen molar-refractivity contribution in [2.45, 2.75) is 70.7 Å². The van der Waals surface area contributed by atoms with Gasteiger partial charge in [-0.1, -0.05) is 55.0 Å². The molecule has 0 bridgehead atoms. The van der Waals surface area contributed by atoms with Gasteiger partial charge in [0.15, 0.2) is 6.29 Å². The highest BCUT2D eigenvalue weighted by Crippen LogP contribution is 2.38. The van der Waals surface area contributed by atoms with E-state index in [0.717, 1.165) is 47.3 Å². The summed E-state index contributed by atoms with van der Waals surface area (Å²) in [5.41, 5.74) is 3.81. The first-order chi connectivity index (χ1) is 18.5. The number of rotatable bonds is 15. The molecule has 2 aromatic rings. The van der Waals surface area contributed by atoms with Crippen LogP contribution in [-0.2, 0) is 32.2 Å². The van der Waals surface area contributed by atoms with Gasteiger partial charge in [0.25, 0.3) is 0 Å². The van der Waals surface area contributed by atoms with Gasteiger partial charge in [-0.15, -0.1) is 0 Å². The van der Waals surface area contributed by atoms with Gasteiger partial charge in [-0.05, 0) is 29.5 Å². The van der Waals surface area contributed by atoms with Crippen molar-refractivity contribution in [1.82, 2.24) is 10.6 Å². The van der Waals surface area contributed by atoms with Crippen molar-refractivity contribution in [3.63, 3.8) is 0 Å². The lowest BCUT2D eigenvalue weighted by atomic mass is 10.0. The summed E-state index contributed by atoms with van der Waals surface area (Å²) in [5.74, 6) is 1.42. The van der Waals surface area contributed by atoms with Gasteiger partial charge < -0.3 is 30.3 Å². The van der Waals surface area contributed by atoms with Crippen molar-refractivity contribution in [2.75, 3.05) is 24.7 Å². The highest BCUT2D eigenvalue weighted by Gasteiger charge is 2.32. The number of aliphatic hydroxyl groups is 2. The minimum Gasteiger partial charge on any atom is -0.396 e. The predicted molar refractivity (Wildman–Crippen MR) is 148 cm³/mol. The molecule has 1 aliphatic rings. The molecule has 2 amide bonds. The second-order valence-electron chi connectivity index (χ2n) is 9.46. The lowest BCUT2D eigenvalue weighted by Crippen LogP contribution is -2.31. The van der Waals surface area contributed by atoms with Gasteiger partial charge in [0.1, 0.15) is 0 Å². The molecule has 0 aliphatic carbocycles. The molecule has 1 fully saturated rings. The third-order valence-electron chi connectivity index (χ3n) is 6.35. The van der Waals surface area contributed by atoms with Crippen LogP contribution in [0.2, 0.25) is 0 Å². The van der Waals surface area contributed by atoms with Crippen LogP contribution in [0.5, 0.6) is 0 Å². The Morgan fingerprint density at radius 1 is 0.921 bits per heavy atom. The number of benzene rings is 2. The van der Waals surface area contributed by atoms with Crippen LogP contribution < -0.4 is 10.6 Å². The molecular weight excluding hydrogens is 504 g/mol. The maximum absolute atomic E-state index is 12.2. The zero-order valence-electron chi connectivity index (χ0n) is 22.1. The third kappa shape index (κ3) is 10.4. The molecule has 0 spiro atoms. The van der Waals surface area contributed by atoms with E-state index in [4.69, 9.17) is 14.6 Å². The summed E-state index contributed by atoms with van der Waals surface area (Å²) in [6.45, 7) is 2.75. The van der Waals surface area contributed by atoms with Crippen LogP contribution in [0.4, 0.5) is 0 Å². The number of hydrogen-bond donors (Lipinski definition) is 4. The average Bonchev–Trinajstić information content (AvgIpc) is 2.94. The van der Waals surface area contributed by atoms with Crippen molar-refractivity contribution in [2.24, 2.45) is 0 Å². The Morgan fingerprint density at radius 2 is 1.63 bits per heavy atom. The van der Waals surface area contributed by atoms with Crippen LogP contribution in [0, 0.1) is 0 Å². The van der Waals surface area contributed by atoms with Crippen molar-refractivity contribution < 1.29 is 29.3 Å². The third-order valence-corrected chi connectivity index (χ3v) is 7.43. The van der Waals surface area contributed by atoms with E-state index in [9.17, 15) is 14.7 Å². The molecule has 38 heavy (non-hydrogen) atoms. The van der Waals surface area contributed by atoms with Crippen LogP contribution in [0.15, 0.2) is 48.5 Å². The molecule has 1 aliphatic heterocycles. The van der Waals surface area contributed by atoms with Crippen LogP contribution in [-0.4, -0.2) is 52.8 Å². The highest BCUT2D eigenvalue weighted by atomic mass is 32.2. The molecule has 0 aromatic heterocycles. The molecule has 0 unspecified atom stereocenters. The minimum absolute atomic E-state index is 0.00466. The molecule has 3 rings (SSSR count). The number of hydrogen-bond acceptors (Lipinski definition) is 7. The summed E-state index contributed by atoms with van der Waals surface area (Å²) >= 11 is 1.66. The first kappa shape index (κ1) is 30.1. The Morgan fingerprint density at radius 3 is 2.32 bits per heavy atom. The molecule has 1 heterocycles. The van der Waals surface area contributed by atoms with E-state index in [1.165, 1.54) is 6.92 Å². The van der Waals surface area contributed by atoms with Crippen LogP contribution in [0.25, 0.3) is 0 Å². The maximum Gasteiger partial charge on any atom is 0.220 e. The fraction of sp³-hybridized carbons (Fsp3) is 0.517. The van der Waals surface area contributed by atoms with E-state index in [2.05, 4.69) is 10.6 Å². The smallest absolute Gasteiger partial charge is 0.220 e. The van der Waals surface area contributed by atoms with Crippen LogP contribution in [0.1, 0.15) is 73.7 Å². The van der Waals surface area contributed by atoms with Crippen molar-refractivity contribution in [3.8, 4) is 0 Å². The van der Waals surface area contributed by atoms with E-state index in [-0.39, 0.29) is 37.2 Å². The molecule has 4 N–H and O–H groups in total. The first-order valence-electron chi connectivity index (χ1n) is 13.3.